The third-order valence-electron chi connectivity index (χ3n) is 5.95. The summed E-state index contributed by atoms with van der Waals surface area (Å²) in [5.41, 5.74) is 5.15. The van der Waals surface area contributed by atoms with Crippen LogP contribution >= 0.6 is 22.9 Å². The number of aryl methyl sites for hydroxylation is 2. The molecule has 2 aromatic carbocycles. The summed E-state index contributed by atoms with van der Waals surface area (Å²) in [7, 11) is 2.11. The first-order valence-corrected chi connectivity index (χ1v) is 15.0. The summed E-state index contributed by atoms with van der Waals surface area (Å²) < 4.78 is 37.4. The molecule has 0 amide bonds. The molecule has 3 heterocycles. The van der Waals surface area contributed by atoms with Gasteiger partial charge in [-0.25, -0.2) is 0 Å². The van der Waals surface area contributed by atoms with Crippen LogP contribution in [0.5, 0.6) is 5.75 Å². The van der Waals surface area contributed by atoms with E-state index in [-0.39, 0.29) is 16.5 Å². The average molecular weight is 627 g/mol. The molecule has 0 fully saturated rings. The summed E-state index contributed by atoms with van der Waals surface area (Å²) in [5.74, 6) is -0.722. The second-order valence-electron chi connectivity index (χ2n) is 8.93. The van der Waals surface area contributed by atoms with Gasteiger partial charge in [-0.15, -0.1) is 0 Å². The van der Waals surface area contributed by atoms with Crippen LogP contribution in [-0.4, -0.2) is 33.1 Å². The first kappa shape index (κ1) is 24.8. The van der Waals surface area contributed by atoms with Crippen molar-refractivity contribution in [2.45, 2.75) is 33.2 Å². The molecule has 1 unspecified atom stereocenters. The monoisotopic (exact) mass is 626 g/mol. The molecule has 0 saturated carbocycles. The fourth-order valence-corrected chi connectivity index (χ4v) is 7.55. The van der Waals surface area contributed by atoms with Gasteiger partial charge in [0.2, 0.25) is 0 Å². The topological polar surface area (TPSA) is 38.2 Å². The van der Waals surface area contributed by atoms with E-state index in [1.165, 1.54) is 21.9 Å². The average Bonchev–Trinajstić information content (AvgIpc) is 3.37. The third-order valence-corrected chi connectivity index (χ3v) is 10.00. The van der Waals surface area contributed by atoms with Gasteiger partial charge in [0.1, 0.15) is 0 Å². The normalized spacial score (nSPS) is 15.3. The van der Waals surface area contributed by atoms with Crippen molar-refractivity contribution in [3.8, 4) is 17.0 Å². The standard InChI is InChI=1S/C26H24ClF2IN3OS/c1-13-5-16(6-22-24(13)31-15(3)35-22)10-33(4)12-30-23-8-17-14(2)11-34-26(17)25(32-23)18-7-19(27)21(29)9-20(18)28/h5-9,14H,10-12H2,1-4H3/q-1. The first-order chi connectivity index (χ1) is 16.7. The number of hydrogen-bond acceptors (Lipinski definition) is 5. The SMILES string of the molecule is Cc1nc2c(C)cc(CN(C)C[I-]c3cc4c(c(-c5cc(Cl)c(F)cc5F)n3)OCC4C)cc2s1. The Labute approximate surface area is 222 Å². The molecule has 0 radical (unpaired) electrons. The molecule has 2 aromatic heterocycles. The van der Waals surface area contributed by atoms with Crippen LogP contribution in [0.3, 0.4) is 0 Å². The van der Waals surface area contributed by atoms with Gasteiger partial charge in [-0.3, -0.25) is 0 Å². The summed E-state index contributed by atoms with van der Waals surface area (Å²) in [4.78, 5) is 11.7. The predicted octanol–water partition coefficient (Wildman–Crippen LogP) is 3.75. The Morgan fingerprint density at radius 3 is 2.74 bits per heavy atom. The molecule has 4 aromatic rings. The minimum absolute atomic E-state index is 0.133. The molecule has 184 valence electrons. The number of pyridine rings is 1. The van der Waals surface area contributed by atoms with Gasteiger partial charge in [0, 0.05) is 0 Å². The molecule has 9 heteroatoms. The van der Waals surface area contributed by atoms with Gasteiger partial charge >= 0.3 is 224 Å². The van der Waals surface area contributed by atoms with Crippen LogP contribution in [0.4, 0.5) is 8.78 Å². The molecule has 4 nitrogen and oxygen atoms in total. The molecule has 1 aliphatic heterocycles. The van der Waals surface area contributed by atoms with Gasteiger partial charge in [0.25, 0.3) is 0 Å². The Morgan fingerprint density at radius 1 is 1.14 bits per heavy atom. The Kier molecular flexibility index (Phi) is 7.00. The van der Waals surface area contributed by atoms with E-state index >= 15 is 0 Å². The zero-order valence-electron chi connectivity index (χ0n) is 19.8. The quantitative estimate of drug-likeness (QED) is 0.108. The Bertz CT molecular complexity index is 1440. The minimum atomic E-state index is -0.786. The maximum absolute atomic E-state index is 14.7. The van der Waals surface area contributed by atoms with Gasteiger partial charge in [-0.05, 0) is 0 Å². The van der Waals surface area contributed by atoms with E-state index in [2.05, 4.69) is 49.0 Å². The number of ether oxygens (including phenoxy) is 1. The Morgan fingerprint density at radius 2 is 1.94 bits per heavy atom. The van der Waals surface area contributed by atoms with Gasteiger partial charge in [-0.1, -0.05) is 0 Å². The number of fused-ring (bicyclic) bond motifs is 2. The zero-order valence-corrected chi connectivity index (χ0v) is 23.5. The van der Waals surface area contributed by atoms with E-state index in [4.69, 9.17) is 21.3 Å². The molecule has 0 spiro atoms. The van der Waals surface area contributed by atoms with E-state index in [0.717, 1.165) is 37.0 Å². The fourth-order valence-electron chi connectivity index (χ4n) is 4.28. The summed E-state index contributed by atoms with van der Waals surface area (Å²) >= 11 is 7.20. The molecule has 5 rings (SSSR count). The molecular weight excluding hydrogens is 603 g/mol. The molecule has 0 bridgehead atoms. The van der Waals surface area contributed by atoms with Gasteiger partial charge in [0.15, 0.2) is 0 Å². The van der Waals surface area contributed by atoms with Crippen molar-refractivity contribution >= 4 is 33.2 Å². The van der Waals surface area contributed by atoms with Crippen molar-refractivity contribution in [3.05, 3.63) is 72.4 Å². The van der Waals surface area contributed by atoms with Crippen LogP contribution in [0.25, 0.3) is 21.5 Å². The number of nitrogens with zero attached hydrogens (tertiary/aromatic N) is 3. The summed E-state index contributed by atoms with van der Waals surface area (Å²) in [6, 6.07) is 8.64. The summed E-state index contributed by atoms with van der Waals surface area (Å²) in [6.07, 6.45) is 0. The van der Waals surface area contributed by atoms with E-state index in [9.17, 15) is 8.78 Å². The van der Waals surface area contributed by atoms with Crippen LogP contribution in [0.1, 0.15) is 34.5 Å². The fraction of sp³-hybridized carbons (Fsp3) is 0.308. The first-order valence-electron chi connectivity index (χ1n) is 11.2. The van der Waals surface area contributed by atoms with Crippen molar-refractivity contribution in [2.75, 3.05) is 18.2 Å². The van der Waals surface area contributed by atoms with Crippen molar-refractivity contribution in [1.82, 2.24) is 14.9 Å². The van der Waals surface area contributed by atoms with Crippen LogP contribution in [-0.2, 0) is 6.54 Å². The predicted molar refractivity (Wildman–Crippen MR) is 133 cm³/mol. The number of thiazole rings is 1. The number of aromatic nitrogens is 2. The van der Waals surface area contributed by atoms with Crippen molar-refractivity contribution < 1.29 is 34.7 Å². The van der Waals surface area contributed by atoms with Crippen LogP contribution in [0.15, 0.2) is 30.3 Å². The number of hydrogen-bond donors (Lipinski definition) is 0. The maximum atomic E-state index is 14.7. The van der Waals surface area contributed by atoms with Crippen molar-refractivity contribution in [2.24, 2.45) is 0 Å². The molecule has 1 atom stereocenters. The summed E-state index contributed by atoms with van der Waals surface area (Å²) in [6.45, 7) is 7.57. The number of rotatable bonds is 6. The molecule has 0 N–H and O–H groups in total. The second-order valence-corrected chi connectivity index (χ2v) is 13.1. The zero-order chi connectivity index (χ0) is 24.9. The van der Waals surface area contributed by atoms with Crippen LogP contribution < -0.4 is 25.9 Å². The molecule has 35 heavy (non-hydrogen) atoms. The third kappa shape index (κ3) is 5.03. The van der Waals surface area contributed by atoms with Gasteiger partial charge in [0.05, 0.1) is 0 Å². The molecule has 0 aliphatic carbocycles. The van der Waals surface area contributed by atoms with E-state index in [1.54, 1.807) is 11.3 Å². The Hall–Kier alpha value is -1.88. The van der Waals surface area contributed by atoms with E-state index in [1.807, 2.05) is 6.92 Å². The van der Waals surface area contributed by atoms with Gasteiger partial charge < -0.3 is 0 Å². The number of halogens is 4. The second kappa shape index (κ2) is 9.88. The molecular formula is C26H24ClF2IN3OS-. The Balaban J connectivity index is 1.38. The van der Waals surface area contributed by atoms with E-state index < -0.39 is 32.8 Å². The van der Waals surface area contributed by atoms with Crippen molar-refractivity contribution in [3.63, 3.8) is 0 Å². The molecule has 0 saturated heterocycles. The van der Waals surface area contributed by atoms with Crippen LogP contribution in [0, 0.1) is 29.2 Å². The van der Waals surface area contributed by atoms with E-state index in [0.29, 0.717) is 18.1 Å². The summed E-state index contributed by atoms with van der Waals surface area (Å²) in [5, 5.41) is 0.946. The van der Waals surface area contributed by atoms with Gasteiger partial charge in [-0.2, -0.15) is 0 Å². The number of benzene rings is 2. The number of alkyl halides is 1. The molecule has 1 aliphatic rings. The van der Waals surface area contributed by atoms with Crippen molar-refractivity contribution in [1.29, 1.82) is 0 Å². The van der Waals surface area contributed by atoms with Crippen LogP contribution in [0.2, 0.25) is 5.02 Å².